The van der Waals surface area contributed by atoms with Crippen LogP contribution in [0.2, 0.25) is 5.02 Å². The van der Waals surface area contributed by atoms with E-state index in [4.69, 9.17) is 11.6 Å². The Morgan fingerprint density at radius 1 is 1.56 bits per heavy atom. The van der Waals surface area contributed by atoms with Crippen molar-refractivity contribution in [3.8, 4) is 0 Å². The van der Waals surface area contributed by atoms with E-state index in [0.717, 1.165) is 12.8 Å². The van der Waals surface area contributed by atoms with Crippen LogP contribution in [0.3, 0.4) is 0 Å². The Kier molecular flexibility index (Phi) is 1.94. The predicted molar refractivity (Wildman–Crippen MR) is 59.1 cm³/mol. The average Bonchev–Trinajstić information content (AvgIpc) is 2.99. The summed E-state index contributed by atoms with van der Waals surface area (Å²) in [5, 5.41) is 9.70. The zero-order valence-electron chi connectivity index (χ0n) is 8.35. The van der Waals surface area contributed by atoms with Crippen LogP contribution in [0.25, 0.3) is 5.65 Å². The number of nitrogens with zero attached hydrogens (tertiary/aromatic N) is 2. The number of fused-ring (bicyclic) bond motifs is 1. The molecule has 0 radical (unpaired) electrons. The molecule has 4 nitrogen and oxygen atoms in total. The standard InChI is InChI=1S/C11H9ClN2O2/c12-7-2-1-5-14-9(11(15)16)8(6-3-4-6)13-10(7)14/h1-2,5-6H,3-4H2,(H,15,16). The first-order valence-electron chi connectivity index (χ1n) is 5.08. The number of halogens is 1. The number of aromatic carboxylic acids is 1. The SMILES string of the molecule is O=C(O)c1c(C2CC2)nc2c(Cl)cccn12. The van der Waals surface area contributed by atoms with Crippen LogP contribution in [0.15, 0.2) is 18.3 Å². The molecule has 82 valence electrons. The molecule has 1 aliphatic rings. The minimum Gasteiger partial charge on any atom is -0.477 e. The van der Waals surface area contributed by atoms with Crippen LogP contribution in [-0.4, -0.2) is 20.5 Å². The van der Waals surface area contributed by atoms with Gasteiger partial charge in [-0.2, -0.15) is 0 Å². The molecule has 1 saturated carbocycles. The van der Waals surface area contributed by atoms with E-state index in [1.54, 1.807) is 22.7 Å². The Bertz CT molecular complexity index is 587. The van der Waals surface area contributed by atoms with Gasteiger partial charge >= 0.3 is 5.97 Å². The van der Waals surface area contributed by atoms with Crippen molar-refractivity contribution in [3.05, 3.63) is 34.7 Å². The maximum absolute atomic E-state index is 11.2. The number of aromatic nitrogens is 2. The Labute approximate surface area is 96.5 Å². The lowest BCUT2D eigenvalue weighted by Gasteiger charge is -1.98. The van der Waals surface area contributed by atoms with Crippen molar-refractivity contribution in [3.63, 3.8) is 0 Å². The highest BCUT2D eigenvalue weighted by molar-refractivity contribution is 6.33. The lowest BCUT2D eigenvalue weighted by Crippen LogP contribution is -2.04. The van der Waals surface area contributed by atoms with Crippen molar-refractivity contribution in [2.24, 2.45) is 0 Å². The number of imidazole rings is 1. The monoisotopic (exact) mass is 236 g/mol. The number of carbonyl (C=O) groups is 1. The van der Waals surface area contributed by atoms with E-state index in [1.165, 1.54) is 0 Å². The summed E-state index contributed by atoms with van der Waals surface area (Å²) in [6, 6.07) is 3.44. The second-order valence-electron chi connectivity index (χ2n) is 3.97. The summed E-state index contributed by atoms with van der Waals surface area (Å²) in [6.07, 6.45) is 3.72. The van der Waals surface area contributed by atoms with E-state index in [1.807, 2.05) is 0 Å². The second-order valence-corrected chi connectivity index (χ2v) is 4.38. The largest absolute Gasteiger partial charge is 0.477 e. The molecule has 0 atom stereocenters. The van der Waals surface area contributed by atoms with E-state index in [2.05, 4.69) is 4.98 Å². The summed E-state index contributed by atoms with van der Waals surface area (Å²) in [4.78, 5) is 15.6. The van der Waals surface area contributed by atoms with Crippen molar-refractivity contribution >= 4 is 23.2 Å². The van der Waals surface area contributed by atoms with Gasteiger partial charge in [0.05, 0.1) is 10.7 Å². The smallest absolute Gasteiger partial charge is 0.354 e. The molecule has 0 spiro atoms. The number of carboxylic acids is 1. The molecule has 0 aliphatic heterocycles. The number of rotatable bonds is 2. The van der Waals surface area contributed by atoms with E-state index >= 15 is 0 Å². The summed E-state index contributed by atoms with van der Waals surface area (Å²) < 4.78 is 1.55. The fourth-order valence-corrected chi connectivity index (χ4v) is 2.11. The highest BCUT2D eigenvalue weighted by Crippen LogP contribution is 2.41. The molecule has 1 N–H and O–H groups in total. The molecule has 0 bridgehead atoms. The van der Waals surface area contributed by atoms with Gasteiger partial charge in [0.2, 0.25) is 0 Å². The fourth-order valence-electron chi connectivity index (χ4n) is 1.91. The first kappa shape index (κ1) is 9.66. The molecule has 5 heteroatoms. The molecule has 0 amide bonds. The minimum atomic E-state index is -0.948. The Morgan fingerprint density at radius 2 is 2.31 bits per heavy atom. The summed E-state index contributed by atoms with van der Waals surface area (Å²) in [5.41, 5.74) is 1.45. The molecule has 2 aromatic rings. The molecule has 0 unspecified atom stereocenters. The third kappa shape index (κ3) is 1.30. The van der Waals surface area contributed by atoms with Gasteiger partial charge in [-0.15, -0.1) is 0 Å². The lowest BCUT2D eigenvalue weighted by molar-refractivity contribution is 0.0688. The molecular formula is C11H9ClN2O2. The highest BCUT2D eigenvalue weighted by atomic mass is 35.5. The third-order valence-electron chi connectivity index (χ3n) is 2.80. The zero-order valence-corrected chi connectivity index (χ0v) is 9.11. The van der Waals surface area contributed by atoms with Crippen LogP contribution in [0.1, 0.15) is 34.9 Å². The van der Waals surface area contributed by atoms with Crippen molar-refractivity contribution in [1.29, 1.82) is 0 Å². The van der Waals surface area contributed by atoms with Gasteiger partial charge in [-0.05, 0) is 25.0 Å². The minimum absolute atomic E-state index is 0.250. The van der Waals surface area contributed by atoms with Crippen LogP contribution in [0, 0.1) is 0 Å². The number of carboxylic acid groups (broad SMARTS) is 1. The maximum Gasteiger partial charge on any atom is 0.354 e. The molecule has 0 aromatic carbocycles. The van der Waals surface area contributed by atoms with E-state index < -0.39 is 5.97 Å². The molecule has 0 saturated heterocycles. The number of pyridine rings is 1. The summed E-state index contributed by atoms with van der Waals surface area (Å²) in [7, 11) is 0. The van der Waals surface area contributed by atoms with E-state index in [0.29, 0.717) is 22.3 Å². The second kappa shape index (κ2) is 3.22. The highest BCUT2D eigenvalue weighted by Gasteiger charge is 2.32. The van der Waals surface area contributed by atoms with Gasteiger partial charge < -0.3 is 5.11 Å². The van der Waals surface area contributed by atoms with E-state index in [-0.39, 0.29) is 5.69 Å². The van der Waals surface area contributed by atoms with Crippen LogP contribution in [0.5, 0.6) is 0 Å². The van der Waals surface area contributed by atoms with Gasteiger partial charge in [0.25, 0.3) is 0 Å². The zero-order chi connectivity index (χ0) is 11.3. The number of hydrogen-bond acceptors (Lipinski definition) is 2. The molecule has 16 heavy (non-hydrogen) atoms. The van der Waals surface area contributed by atoms with Gasteiger partial charge in [-0.3, -0.25) is 4.40 Å². The maximum atomic E-state index is 11.2. The van der Waals surface area contributed by atoms with Gasteiger partial charge in [0.15, 0.2) is 11.3 Å². The van der Waals surface area contributed by atoms with Gasteiger partial charge in [-0.25, -0.2) is 9.78 Å². The predicted octanol–water partition coefficient (Wildman–Crippen LogP) is 2.56. The third-order valence-corrected chi connectivity index (χ3v) is 3.09. The van der Waals surface area contributed by atoms with Crippen molar-refractivity contribution in [1.82, 2.24) is 9.38 Å². The Morgan fingerprint density at radius 3 is 2.94 bits per heavy atom. The van der Waals surface area contributed by atoms with Crippen LogP contribution < -0.4 is 0 Å². The van der Waals surface area contributed by atoms with Crippen LogP contribution in [0.4, 0.5) is 0 Å². The quantitative estimate of drug-likeness (QED) is 0.872. The van der Waals surface area contributed by atoms with E-state index in [9.17, 15) is 9.90 Å². The lowest BCUT2D eigenvalue weighted by atomic mass is 10.2. The van der Waals surface area contributed by atoms with Crippen LogP contribution >= 0.6 is 11.6 Å². The topological polar surface area (TPSA) is 54.6 Å². The van der Waals surface area contributed by atoms with Crippen molar-refractivity contribution < 1.29 is 9.90 Å². The summed E-state index contributed by atoms with van der Waals surface area (Å²) in [6.45, 7) is 0. The Hall–Kier alpha value is -1.55. The summed E-state index contributed by atoms with van der Waals surface area (Å²) in [5.74, 6) is -0.654. The van der Waals surface area contributed by atoms with Gasteiger partial charge in [0, 0.05) is 12.1 Å². The van der Waals surface area contributed by atoms with Crippen molar-refractivity contribution in [2.45, 2.75) is 18.8 Å². The van der Waals surface area contributed by atoms with Gasteiger partial charge in [-0.1, -0.05) is 11.6 Å². The van der Waals surface area contributed by atoms with Crippen molar-refractivity contribution in [2.75, 3.05) is 0 Å². The summed E-state index contributed by atoms with van der Waals surface area (Å²) >= 11 is 6.00. The molecule has 2 aromatic heterocycles. The normalized spacial score (nSPS) is 15.6. The number of hydrogen-bond donors (Lipinski definition) is 1. The first-order valence-corrected chi connectivity index (χ1v) is 5.46. The molecule has 1 fully saturated rings. The molecular weight excluding hydrogens is 228 g/mol. The fraction of sp³-hybridized carbons (Fsp3) is 0.273. The Balaban J connectivity index is 2.36. The first-order chi connectivity index (χ1) is 7.68. The van der Waals surface area contributed by atoms with Gasteiger partial charge in [0.1, 0.15) is 0 Å². The molecule has 1 aliphatic carbocycles. The average molecular weight is 237 g/mol. The van der Waals surface area contributed by atoms with Crippen LogP contribution in [-0.2, 0) is 0 Å². The molecule has 2 heterocycles. The molecule has 3 rings (SSSR count).